The van der Waals surface area contributed by atoms with E-state index in [1.807, 2.05) is 36.4 Å². The molecule has 0 bridgehead atoms. The van der Waals surface area contributed by atoms with E-state index in [1.165, 1.54) is 0 Å². The van der Waals surface area contributed by atoms with E-state index in [4.69, 9.17) is 20.5 Å². The Kier molecular flexibility index (Phi) is 7.18. The molecule has 3 rings (SSSR count). The third kappa shape index (κ3) is 5.36. The fraction of sp³-hybridized carbons (Fsp3) is 0.100. The van der Waals surface area contributed by atoms with Gasteiger partial charge in [0.15, 0.2) is 5.58 Å². The minimum absolute atomic E-state index is 0.0997. The Morgan fingerprint density at radius 2 is 1.86 bits per heavy atom. The number of carboxylic acids is 2. The van der Waals surface area contributed by atoms with Crippen molar-refractivity contribution in [3.8, 4) is 11.3 Å². The largest absolute Gasteiger partial charge is 0.478 e. The maximum Gasteiger partial charge on any atom is 0.328 e. The van der Waals surface area contributed by atoms with Gasteiger partial charge in [-0.15, -0.1) is 6.58 Å². The van der Waals surface area contributed by atoms with Crippen LogP contribution in [0.15, 0.2) is 72.1 Å². The molecular formula is C20H19N3O5. The minimum Gasteiger partial charge on any atom is -0.478 e. The number of pyridine rings is 1. The molecule has 28 heavy (non-hydrogen) atoms. The van der Waals surface area contributed by atoms with Crippen molar-refractivity contribution in [3.63, 3.8) is 0 Å². The summed E-state index contributed by atoms with van der Waals surface area (Å²) in [6.07, 6.45) is 7.05. The lowest BCUT2D eigenvalue weighted by atomic mass is 9.95. The van der Waals surface area contributed by atoms with Gasteiger partial charge >= 0.3 is 11.9 Å². The number of fused-ring (bicyclic) bond motifs is 1. The van der Waals surface area contributed by atoms with Crippen molar-refractivity contribution in [2.24, 2.45) is 5.73 Å². The van der Waals surface area contributed by atoms with Crippen molar-refractivity contribution in [1.82, 2.24) is 10.1 Å². The first-order chi connectivity index (χ1) is 13.4. The van der Waals surface area contributed by atoms with Crippen LogP contribution < -0.4 is 5.73 Å². The zero-order chi connectivity index (χ0) is 20.5. The second-order valence-electron chi connectivity index (χ2n) is 5.63. The number of nitrogens with two attached hydrogens (primary N) is 1. The monoisotopic (exact) mass is 381 g/mol. The van der Waals surface area contributed by atoms with Gasteiger partial charge in [-0.05, 0) is 18.1 Å². The van der Waals surface area contributed by atoms with Gasteiger partial charge in [-0.1, -0.05) is 35.5 Å². The van der Waals surface area contributed by atoms with Crippen LogP contribution in [0.3, 0.4) is 0 Å². The number of nitrogens with zero attached hydrogens (tertiary/aromatic N) is 2. The number of hydrogen-bond acceptors (Lipinski definition) is 6. The van der Waals surface area contributed by atoms with Gasteiger partial charge in [-0.3, -0.25) is 4.98 Å². The lowest BCUT2D eigenvalue weighted by Crippen LogP contribution is -2.10. The molecule has 2 aromatic heterocycles. The van der Waals surface area contributed by atoms with Gasteiger partial charge in [0.1, 0.15) is 5.69 Å². The summed E-state index contributed by atoms with van der Waals surface area (Å²) < 4.78 is 5.32. The standard InChI is InChI=1S/C16H15N3O.C4H4O4/c1-2-5-14(17)11-6-3-4-7-12(11)16-13-8-9-18-10-15(13)20-19-16;5-3(6)1-2-4(7)8/h2-4,6-10,14H,1,5,17H2;1-2H,(H,5,6)(H,7,8)/b;2-1+. The molecule has 0 amide bonds. The summed E-state index contributed by atoms with van der Waals surface area (Å²) in [7, 11) is 0. The van der Waals surface area contributed by atoms with Gasteiger partial charge in [0.25, 0.3) is 0 Å². The van der Waals surface area contributed by atoms with E-state index in [1.54, 1.807) is 12.4 Å². The number of rotatable bonds is 6. The third-order valence-corrected chi connectivity index (χ3v) is 3.68. The van der Waals surface area contributed by atoms with Gasteiger partial charge in [0.05, 0.1) is 11.6 Å². The Morgan fingerprint density at radius 1 is 1.18 bits per heavy atom. The Labute approximate surface area is 160 Å². The van der Waals surface area contributed by atoms with Gasteiger partial charge in [0.2, 0.25) is 0 Å². The molecule has 0 aliphatic carbocycles. The summed E-state index contributed by atoms with van der Waals surface area (Å²) in [5.41, 5.74) is 9.73. The molecular weight excluding hydrogens is 362 g/mol. The molecule has 0 fully saturated rings. The Morgan fingerprint density at radius 3 is 2.50 bits per heavy atom. The van der Waals surface area contributed by atoms with Gasteiger partial charge in [-0.25, -0.2) is 9.59 Å². The maximum absolute atomic E-state index is 9.55. The Bertz CT molecular complexity index is 994. The van der Waals surface area contributed by atoms with Crippen LogP contribution in [0.25, 0.3) is 22.2 Å². The Balaban J connectivity index is 0.000000300. The van der Waals surface area contributed by atoms with Crippen LogP contribution in [0, 0.1) is 0 Å². The highest BCUT2D eigenvalue weighted by Crippen LogP contribution is 2.32. The molecule has 0 aliphatic heterocycles. The molecule has 8 heteroatoms. The first-order valence-electron chi connectivity index (χ1n) is 8.23. The minimum atomic E-state index is -1.26. The van der Waals surface area contributed by atoms with Crippen LogP contribution in [0.1, 0.15) is 18.0 Å². The highest BCUT2D eigenvalue weighted by molar-refractivity contribution is 5.92. The number of benzene rings is 1. The number of aliphatic carboxylic acids is 2. The van der Waals surface area contributed by atoms with E-state index in [9.17, 15) is 9.59 Å². The van der Waals surface area contributed by atoms with Crippen LogP contribution in [0.2, 0.25) is 0 Å². The summed E-state index contributed by atoms with van der Waals surface area (Å²) in [4.78, 5) is 23.1. The van der Waals surface area contributed by atoms with Gasteiger partial charge in [-0.2, -0.15) is 0 Å². The van der Waals surface area contributed by atoms with E-state index in [-0.39, 0.29) is 6.04 Å². The topological polar surface area (TPSA) is 140 Å². The molecule has 8 nitrogen and oxygen atoms in total. The number of aromatic nitrogens is 2. The summed E-state index contributed by atoms with van der Waals surface area (Å²) >= 11 is 0. The molecule has 0 saturated heterocycles. The van der Waals surface area contributed by atoms with E-state index in [0.717, 1.165) is 22.2 Å². The van der Waals surface area contributed by atoms with E-state index >= 15 is 0 Å². The van der Waals surface area contributed by atoms with Gasteiger partial charge < -0.3 is 20.5 Å². The highest BCUT2D eigenvalue weighted by atomic mass is 16.5. The zero-order valence-electron chi connectivity index (χ0n) is 14.9. The lowest BCUT2D eigenvalue weighted by Gasteiger charge is -2.13. The molecule has 1 atom stereocenters. The summed E-state index contributed by atoms with van der Waals surface area (Å²) in [5, 5.41) is 20.7. The molecule has 0 spiro atoms. The molecule has 144 valence electrons. The second kappa shape index (κ2) is 9.79. The average Bonchev–Trinajstić information content (AvgIpc) is 3.11. The molecule has 2 heterocycles. The van der Waals surface area contributed by atoms with E-state index in [0.29, 0.717) is 24.2 Å². The smallest absolute Gasteiger partial charge is 0.328 e. The maximum atomic E-state index is 9.55. The van der Waals surface area contributed by atoms with Crippen LogP contribution in [0.4, 0.5) is 0 Å². The number of hydrogen-bond donors (Lipinski definition) is 3. The third-order valence-electron chi connectivity index (χ3n) is 3.68. The lowest BCUT2D eigenvalue weighted by molar-refractivity contribution is -0.134. The zero-order valence-corrected chi connectivity index (χ0v) is 14.9. The average molecular weight is 381 g/mol. The number of carbonyl (C=O) groups is 2. The second-order valence-corrected chi connectivity index (χ2v) is 5.63. The van der Waals surface area contributed by atoms with Gasteiger partial charge in [0, 0.05) is 30.0 Å². The molecule has 4 N–H and O–H groups in total. The van der Waals surface area contributed by atoms with Crippen molar-refractivity contribution in [3.05, 3.63) is 73.1 Å². The van der Waals surface area contributed by atoms with Crippen LogP contribution in [-0.2, 0) is 9.59 Å². The first-order valence-corrected chi connectivity index (χ1v) is 8.23. The van der Waals surface area contributed by atoms with Crippen molar-refractivity contribution >= 4 is 22.9 Å². The first kappa shape index (κ1) is 20.5. The quantitative estimate of drug-likeness (QED) is 0.437. The fourth-order valence-corrected chi connectivity index (χ4v) is 2.47. The highest BCUT2D eigenvalue weighted by Gasteiger charge is 2.16. The number of carboxylic acid groups (broad SMARTS) is 2. The molecule has 3 aromatic rings. The summed E-state index contributed by atoms with van der Waals surface area (Å²) in [6.45, 7) is 3.75. The van der Waals surface area contributed by atoms with Crippen LogP contribution in [0.5, 0.6) is 0 Å². The molecule has 0 saturated carbocycles. The van der Waals surface area contributed by atoms with Crippen molar-refractivity contribution < 1.29 is 24.3 Å². The van der Waals surface area contributed by atoms with Crippen molar-refractivity contribution in [1.29, 1.82) is 0 Å². The van der Waals surface area contributed by atoms with E-state index in [2.05, 4.69) is 16.7 Å². The predicted molar refractivity (Wildman–Crippen MR) is 103 cm³/mol. The summed E-state index contributed by atoms with van der Waals surface area (Å²) in [5.74, 6) is -2.51. The normalized spacial score (nSPS) is 11.6. The molecule has 1 aromatic carbocycles. The van der Waals surface area contributed by atoms with Crippen LogP contribution in [-0.4, -0.2) is 32.3 Å². The summed E-state index contributed by atoms with van der Waals surface area (Å²) in [6, 6.07) is 9.78. The fourth-order valence-electron chi connectivity index (χ4n) is 2.47. The molecule has 0 aliphatic rings. The molecule has 1 unspecified atom stereocenters. The molecule has 0 radical (unpaired) electrons. The van der Waals surface area contributed by atoms with Crippen molar-refractivity contribution in [2.75, 3.05) is 0 Å². The SMILES string of the molecule is C=CCC(N)c1ccccc1-c1noc2cnccc12.O=C(O)/C=C/C(=O)O. The van der Waals surface area contributed by atoms with E-state index < -0.39 is 11.9 Å². The Hall–Kier alpha value is -3.78. The van der Waals surface area contributed by atoms with Crippen LogP contribution >= 0.6 is 0 Å². The predicted octanol–water partition coefficient (Wildman–Crippen LogP) is 3.18. The van der Waals surface area contributed by atoms with Crippen molar-refractivity contribution in [2.45, 2.75) is 12.5 Å².